The first kappa shape index (κ1) is 12.2. The van der Waals surface area contributed by atoms with Crippen molar-refractivity contribution in [2.45, 2.75) is 19.4 Å². The molecule has 0 atom stereocenters. The predicted molar refractivity (Wildman–Crippen MR) is 55.1 cm³/mol. The minimum Gasteiger partial charge on any atom is -0.492 e. The molecule has 0 bridgehead atoms. The number of halogens is 3. The summed E-state index contributed by atoms with van der Waals surface area (Å²) in [6.07, 6.45) is 0. The number of hydrogen-bond donors (Lipinski definition) is 1. The Morgan fingerprint density at radius 3 is 2.27 bits per heavy atom. The van der Waals surface area contributed by atoms with Crippen molar-refractivity contribution in [3.05, 3.63) is 28.3 Å². The highest BCUT2D eigenvalue weighted by Gasteiger charge is 2.25. The molecule has 0 amide bonds. The lowest BCUT2D eigenvalue weighted by atomic mass is 9.95. The zero-order chi connectivity index (χ0) is 11.8. The highest BCUT2D eigenvalue weighted by molar-refractivity contribution is 6.32. The second kappa shape index (κ2) is 3.94. The van der Waals surface area contributed by atoms with Gasteiger partial charge in [0.25, 0.3) is 0 Å². The van der Waals surface area contributed by atoms with Crippen LogP contribution in [0.3, 0.4) is 0 Å². The van der Waals surface area contributed by atoms with Gasteiger partial charge >= 0.3 is 0 Å². The maximum atomic E-state index is 13.5. The smallest absolute Gasteiger partial charge is 0.202 e. The summed E-state index contributed by atoms with van der Waals surface area (Å²) in [4.78, 5) is 0. The van der Waals surface area contributed by atoms with Gasteiger partial charge in [0.05, 0.1) is 12.1 Å². The van der Waals surface area contributed by atoms with Crippen LogP contribution in [0.2, 0.25) is 5.02 Å². The van der Waals surface area contributed by atoms with Crippen LogP contribution >= 0.6 is 11.6 Å². The third-order valence-electron chi connectivity index (χ3n) is 2.01. The second-order valence-corrected chi connectivity index (χ2v) is 4.20. The normalized spacial score (nSPS) is 11.7. The van der Waals surface area contributed by atoms with E-state index in [2.05, 4.69) is 4.74 Å². The van der Waals surface area contributed by atoms with E-state index in [-0.39, 0.29) is 16.3 Å². The maximum absolute atomic E-state index is 13.5. The van der Waals surface area contributed by atoms with Crippen LogP contribution in [0.15, 0.2) is 6.07 Å². The monoisotopic (exact) mass is 235 g/mol. The Hall–Kier alpha value is -0.870. The first-order chi connectivity index (χ1) is 6.79. The molecular weight excluding hydrogens is 224 g/mol. The predicted octanol–water partition coefficient (Wildman–Crippen LogP) is 2.82. The molecule has 0 unspecified atom stereocenters. The Morgan fingerprint density at radius 1 is 1.33 bits per heavy atom. The van der Waals surface area contributed by atoms with Gasteiger partial charge in [-0.15, -0.1) is 0 Å². The summed E-state index contributed by atoms with van der Waals surface area (Å²) in [5, 5.41) is 0.00456. The lowest BCUT2D eigenvalue weighted by Crippen LogP contribution is -2.30. The molecule has 0 saturated heterocycles. The van der Waals surface area contributed by atoms with Crippen molar-refractivity contribution in [1.29, 1.82) is 0 Å². The van der Waals surface area contributed by atoms with E-state index in [1.807, 2.05) is 0 Å². The van der Waals surface area contributed by atoms with E-state index in [1.165, 1.54) is 13.2 Å². The van der Waals surface area contributed by atoms with Crippen molar-refractivity contribution in [3.63, 3.8) is 0 Å². The van der Waals surface area contributed by atoms with E-state index in [0.29, 0.717) is 0 Å². The summed E-state index contributed by atoms with van der Waals surface area (Å²) in [6, 6.07) is 1.28. The van der Waals surface area contributed by atoms with Gasteiger partial charge < -0.3 is 10.5 Å². The molecule has 0 aliphatic carbocycles. The molecule has 0 aromatic heterocycles. The van der Waals surface area contributed by atoms with E-state index < -0.39 is 17.2 Å². The van der Waals surface area contributed by atoms with E-state index in [4.69, 9.17) is 17.3 Å². The minimum absolute atomic E-state index is 0.00456. The molecular formula is C10H12ClF2NO. The molecule has 15 heavy (non-hydrogen) atoms. The summed E-state index contributed by atoms with van der Waals surface area (Å²) in [6.45, 7) is 3.13. The Labute approximate surface area is 92.0 Å². The van der Waals surface area contributed by atoms with Gasteiger partial charge in [-0.05, 0) is 19.9 Å². The number of nitrogens with two attached hydrogens (primary N) is 1. The summed E-state index contributed by atoms with van der Waals surface area (Å²) < 4.78 is 31.6. The highest BCUT2D eigenvalue weighted by atomic mass is 35.5. The molecule has 1 aromatic rings. The molecule has 2 N–H and O–H groups in total. The summed E-state index contributed by atoms with van der Waals surface area (Å²) in [5.74, 6) is -2.44. The topological polar surface area (TPSA) is 35.2 Å². The lowest BCUT2D eigenvalue weighted by molar-refractivity contribution is 0.365. The Kier molecular flexibility index (Phi) is 3.21. The third kappa shape index (κ3) is 2.21. The van der Waals surface area contributed by atoms with Gasteiger partial charge in [0.15, 0.2) is 11.6 Å². The molecule has 0 radical (unpaired) electrons. The zero-order valence-corrected chi connectivity index (χ0v) is 9.45. The molecule has 0 aliphatic heterocycles. The third-order valence-corrected chi connectivity index (χ3v) is 2.30. The molecule has 0 heterocycles. The number of ether oxygens (including phenoxy) is 1. The second-order valence-electron chi connectivity index (χ2n) is 3.79. The van der Waals surface area contributed by atoms with Crippen molar-refractivity contribution in [2.24, 2.45) is 5.73 Å². The van der Waals surface area contributed by atoms with Crippen LogP contribution in [-0.4, -0.2) is 7.11 Å². The van der Waals surface area contributed by atoms with Crippen LogP contribution in [0.25, 0.3) is 0 Å². The molecule has 1 aromatic carbocycles. The van der Waals surface area contributed by atoms with Crippen molar-refractivity contribution in [1.82, 2.24) is 0 Å². The molecule has 5 heteroatoms. The van der Waals surface area contributed by atoms with Crippen LogP contribution in [-0.2, 0) is 5.54 Å². The number of benzene rings is 1. The van der Waals surface area contributed by atoms with Gasteiger partial charge in [-0.2, -0.15) is 4.39 Å². The zero-order valence-electron chi connectivity index (χ0n) is 8.70. The van der Waals surface area contributed by atoms with E-state index in [1.54, 1.807) is 13.8 Å². The Balaban J connectivity index is 3.48. The van der Waals surface area contributed by atoms with Crippen LogP contribution in [0.5, 0.6) is 5.75 Å². The molecule has 0 aliphatic rings. The maximum Gasteiger partial charge on any atom is 0.202 e. The number of hydrogen-bond acceptors (Lipinski definition) is 2. The molecule has 1 rings (SSSR count). The fraction of sp³-hybridized carbons (Fsp3) is 0.400. The van der Waals surface area contributed by atoms with Crippen molar-refractivity contribution < 1.29 is 13.5 Å². The van der Waals surface area contributed by atoms with E-state index in [0.717, 1.165) is 0 Å². The summed E-state index contributed by atoms with van der Waals surface area (Å²) in [5.41, 5.74) is 4.70. The summed E-state index contributed by atoms with van der Waals surface area (Å²) in [7, 11) is 1.22. The van der Waals surface area contributed by atoms with Crippen molar-refractivity contribution >= 4 is 11.6 Å². The molecule has 0 spiro atoms. The van der Waals surface area contributed by atoms with Crippen molar-refractivity contribution in [2.75, 3.05) is 7.11 Å². The first-order valence-electron chi connectivity index (χ1n) is 4.30. The fourth-order valence-electron chi connectivity index (χ4n) is 1.23. The van der Waals surface area contributed by atoms with E-state index >= 15 is 0 Å². The molecule has 2 nitrogen and oxygen atoms in total. The van der Waals surface area contributed by atoms with Gasteiger partial charge in [0, 0.05) is 11.1 Å². The minimum atomic E-state index is -1.11. The quantitative estimate of drug-likeness (QED) is 0.800. The van der Waals surface area contributed by atoms with Gasteiger partial charge in [-0.3, -0.25) is 0 Å². The number of methoxy groups -OCH3 is 1. The lowest BCUT2D eigenvalue weighted by Gasteiger charge is -2.21. The fourth-order valence-corrected chi connectivity index (χ4v) is 1.50. The van der Waals surface area contributed by atoms with Crippen LogP contribution < -0.4 is 10.5 Å². The van der Waals surface area contributed by atoms with Gasteiger partial charge in [-0.25, -0.2) is 4.39 Å². The summed E-state index contributed by atoms with van der Waals surface area (Å²) >= 11 is 5.73. The van der Waals surface area contributed by atoms with Crippen LogP contribution in [0.1, 0.15) is 19.4 Å². The van der Waals surface area contributed by atoms with Crippen LogP contribution in [0, 0.1) is 11.6 Å². The molecule has 0 fully saturated rings. The van der Waals surface area contributed by atoms with Crippen molar-refractivity contribution in [3.8, 4) is 5.75 Å². The Bertz CT molecular complexity index is 388. The Morgan fingerprint density at radius 2 is 1.87 bits per heavy atom. The largest absolute Gasteiger partial charge is 0.492 e. The average Bonchev–Trinajstić information content (AvgIpc) is 2.10. The standard InChI is InChI=1S/C10H12ClF2NO/c1-10(2,14)5-4-6(11)9(15-3)8(13)7(5)12/h4H,14H2,1-3H3. The van der Waals surface area contributed by atoms with Crippen LogP contribution in [0.4, 0.5) is 8.78 Å². The molecule has 84 valence electrons. The van der Waals surface area contributed by atoms with Gasteiger partial charge in [-0.1, -0.05) is 11.6 Å². The van der Waals surface area contributed by atoms with Gasteiger partial charge in [0.2, 0.25) is 5.82 Å². The molecule has 0 saturated carbocycles. The SMILES string of the molecule is COc1c(Cl)cc(C(C)(C)N)c(F)c1F. The van der Waals surface area contributed by atoms with E-state index in [9.17, 15) is 8.78 Å². The first-order valence-corrected chi connectivity index (χ1v) is 4.67. The van der Waals surface area contributed by atoms with Gasteiger partial charge in [0.1, 0.15) is 0 Å². The highest BCUT2D eigenvalue weighted by Crippen LogP contribution is 2.34. The number of rotatable bonds is 2. The average molecular weight is 236 g/mol.